The number of nitrogens with zero attached hydrogens (tertiary/aromatic N) is 3. The molecular weight excluding hydrogens is 300 g/mol. The van der Waals surface area contributed by atoms with Gasteiger partial charge in [0, 0.05) is 5.39 Å². The van der Waals surface area contributed by atoms with Crippen LogP contribution in [-0.4, -0.2) is 32.3 Å². The van der Waals surface area contributed by atoms with Gasteiger partial charge in [0.25, 0.3) is 5.91 Å². The lowest BCUT2D eigenvalue weighted by Crippen LogP contribution is -2.40. The number of hydrogen-bond acceptors (Lipinski definition) is 5. The van der Waals surface area contributed by atoms with Crippen LogP contribution in [0.4, 0.5) is 4.79 Å². The predicted octanol–water partition coefficient (Wildman–Crippen LogP) is 2.18. The van der Waals surface area contributed by atoms with Crippen LogP contribution in [-0.2, 0) is 11.3 Å². The van der Waals surface area contributed by atoms with Crippen LogP contribution in [0.25, 0.3) is 10.2 Å². The zero-order chi connectivity index (χ0) is 14.5. The van der Waals surface area contributed by atoms with Crippen molar-refractivity contribution in [3.05, 3.63) is 22.4 Å². The monoisotopic (exact) mass is 310 g/mol. The highest BCUT2D eigenvalue weighted by Crippen LogP contribution is 2.26. The van der Waals surface area contributed by atoms with E-state index in [0.29, 0.717) is 11.0 Å². The summed E-state index contributed by atoms with van der Waals surface area (Å²) in [5, 5.41) is 5.59. The van der Waals surface area contributed by atoms with Crippen molar-refractivity contribution in [2.75, 3.05) is 0 Å². The minimum atomic E-state index is -0.895. The van der Waals surface area contributed by atoms with Crippen LogP contribution in [0.1, 0.15) is 19.7 Å². The average molecular weight is 311 g/mol. The molecule has 0 spiro atoms. The number of carbonyl (C=O) groups excluding carboxylic acids is 2. The molecule has 0 bridgehead atoms. The largest absolute Gasteiger partial charge is 0.325 e. The maximum atomic E-state index is 12.1. The van der Waals surface area contributed by atoms with E-state index in [0.717, 1.165) is 15.1 Å². The molecule has 0 aliphatic carbocycles. The van der Waals surface area contributed by atoms with Gasteiger partial charge < -0.3 is 5.32 Å². The van der Waals surface area contributed by atoms with Crippen molar-refractivity contribution in [3.63, 3.8) is 0 Å². The molecule has 3 rings (SSSR count). The second-order valence-corrected chi connectivity index (χ2v) is 6.27. The molecule has 0 unspecified atom stereocenters. The summed E-state index contributed by atoms with van der Waals surface area (Å²) < 4.78 is 0. The van der Waals surface area contributed by atoms with Crippen LogP contribution >= 0.6 is 22.9 Å². The van der Waals surface area contributed by atoms with E-state index in [1.54, 1.807) is 13.8 Å². The van der Waals surface area contributed by atoms with Crippen LogP contribution < -0.4 is 5.32 Å². The van der Waals surface area contributed by atoms with E-state index in [1.165, 1.54) is 11.3 Å². The number of nitrogens with one attached hydrogen (secondary N) is 1. The quantitative estimate of drug-likeness (QED) is 0.681. The third-order valence-corrected chi connectivity index (χ3v) is 4.16. The van der Waals surface area contributed by atoms with Gasteiger partial charge in [-0.15, -0.1) is 11.3 Å². The van der Waals surface area contributed by atoms with E-state index in [2.05, 4.69) is 15.3 Å². The molecule has 2 aromatic rings. The minimum absolute atomic E-state index is 0.0155. The average Bonchev–Trinajstić information content (AvgIpc) is 2.89. The molecule has 0 saturated carbocycles. The molecule has 3 amide bonds. The Balaban J connectivity index is 1.93. The summed E-state index contributed by atoms with van der Waals surface area (Å²) in [6, 6.07) is 1.40. The predicted molar refractivity (Wildman–Crippen MR) is 75.6 cm³/mol. The lowest BCUT2D eigenvalue weighted by Gasteiger charge is -2.15. The molecule has 8 heteroatoms. The lowest BCUT2D eigenvalue weighted by molar-refractivity contribution is -0.130. The lowest BCUT2D eigenvalue weighted by atomic mass is 10.1. The van der Waals surface area contributed by atoms with Crippen LogP contribution in [0, 0.1) is 0 Å². The van der Waals surface area contributed by atoms with Gasteiger partial charge in [-0.2, -0.15) is 0 Å². The maximum absolute atomic E-state index is 12.1. The Kier molecular flexibility index (Phi) is 2.91. The number of hydrogen-bond donors (Lipinski definition) is 1. The van der Waals surface area contributed by atoms with Crippen LogP contribution in [0.15, 0.2) is 11.4 Å². The highest BCUT2D eigenvalue weighted by atomic mass is 35.5. The highest BCUT2D eigenvalue weighted by Gasteiger charge is 2.44. The van der Waals surface area contributed by atoms with Crippen LogP contribution in [0.2, 0.25) is 5.15 Å². The van der Waals surface area contributed by atoms with Gasteiger partial charge in [0.15, 0.2) is 5.82 Å². The van der Waals surface area contributed by atoms with Crippen molar-refractivity contribution in [1.82, 2.24) is 20.2 Å². The van der Waals surface area contributed by atoms with E-state index in [9.17, 15) is 9.59 Å². The summed E-state index contributed by atoms with van der Waals surface area (Å²) in [5.41, 5.74) is -0.895. The molecular formula is C12H11ClN4O2S. The third kappa shape index (κ3) is 2.03. The first kappa shape index (κ1) is 13.3. The number of thiophene rings is 1. The fourth-order valence-corrected chi connectivity index (χ4v) is 3.12. The normalized spacial score (nSPS) is 17.9. The molecule has 0 atom stereocenters. The number of aromatic nitrogens is 2. The Hall–Kier alpha value is -1.73. The molecule has 1 aliphatic heterocycles. The van der Waals surface area contributed by atoms with E-state index in [1.807, 2.05) is 11.4 Å². The van der Waals surface area contributed by atoms with Gasteiger partial charge in [-0.05, 0) is 25.3 Å². The zero-order valence-electron chi connectivity index (χ0n) is 10.8. The third-order valence-electron chi connectivity index (χ3n) is 3.07. The first-order valence-corrected chi connectivity index (χ1v) is 7.18. The Morgan fingerprint density at radius 1 is 1.40 bits per heavy atom. The molecule has 0 aromatic carbocycles. The van der Waals surface area contributed by atoms with Crippen LogP contribution in [0.5, 0.6) is 0 Å². The minimum Gasteiger partial charge on any atom is -0.324 e. The van der Waals surface area contributed by atoms with Crippen LogP contribution in [0.3, 0.4) is 0 Å². The summed E-state index contributed by atoms with van der Waals surface area (Å²) in [6.45, 7) is 3.33. The SMILES string of the molecule is CC1(C)NC(=O)N(Cc2nc(Cl)c3ccsc3n2)C1=O. The standard InChI is InChI=1S/C12H11ClN4O2S/c1-12(2)10(18)17(11(19)16-12)5-7-14-8(13)6-3-4-20-9(6)15-7/h3-4H,5H2,1-2H3,(H,16,19). The van der Waals surface area contributed by atoms with Gasteiger partial charge >= 0.3 is 6.03 Å². The molecule has 6 nitrogen and oxygen atoms in total. The van der Waals surface area contributed by atoms with Gasteiger partial charge in [0.1, 0.15) is 15.5 Å². The van der Waals surface area contributed by atoms with E-state index in [-0.39, 0.29) is 12.5 Å². The topological polar surface area (TPSA) is 75.2 Å². The van der Waals surface area contributed by atoms with Gasteiger partial charge in [0.05, 0.1) is 6.54 Å². The van der Waals surface area contributed by atoms with Crippen molar-refractivity contribution in [2.24, 2.45) is 0 Å². The van der Waals surface area contributed by atoms with Gasteiger partial charge in [-0.1, -0.05) is 11.6 Å². The van der Waals surface area contributed by atoms with Crippen molar-refractivity contribution in [2.45, 2.75) is 25.9 Å². The molecule has 1 fully saturated rings. The maximum Gasteiger partial charge on any atom is 0.325 e. The number of imide groups is 1. The second-order valence-electron chi connectivity index (χ2n) is 5.02. The molecule has 3 heterocycles. The van der Waals surface area contributed by atoms with Crippen molar-refractivity contribution >= 4 is 45.1 Å². The smallest absolute Gasteiger partial charge is 0.324 e. The van der Waals surface area contributed by atoms with Crippen molar-refractivity contribution < 1.29 is 9.59 Å². The summed E-state index contributed by atoms with van der Waals surface area (Å²) in [4.78, 5) is 34.2. The number of amides is 3. The van der Waals surface area contributed by atoms with Gasteiger partial charge in [0.2, 0.25) is 0 Å². The summed E-state index contributed by atoms with van der Waals surface area (Å²) in [7, 11) is 0. The molecule has 1 aliphatic rings. The zero-order valence-corrected chi connectivity index (χ0v) is 12.4. The van der Waals surface area contributed by atoms with E-state index in [4.69, 9.17) is 11.6 Å². The van der Waals surface area contributed by atoms with Crippen molar-refractivity contribution in [3.8, 4) is 0 Å². The summed E-state index contributed by atoms with van der Waals surface area (Å²) >= 11 is 7.50. The molecule has 1 N–H and O–H groups in total. The number of halogens is 1. The second kappa shape index (κ2) is 4.39. The van der Waals surface area contributed by atoms with E-state index >= 15 is 0 Å². The molecule has 0 radical (unpaired) electrons. The Morgan fingerprint density at radius 2 is 2.15 bits per heavy atom. The Bertz CT molecular complexity index is 727. The highest BCUT2D eigenvalue weighted by molar-refractivity contribution is 7.16. The number of urea groups is 1. The summed E-state index contributed by atoms with van der Waals surface area (Å²) in [5.74, 6) is 0.0552. The van der Waals surface area contributed by atoms with Crippen molar-refractivity contribution in [1.29, 1.82) is 0 Å². The Labute approximate surface area is 123 Å². The van der Waals surface area contributed by atoms with Gasteiger partial charge in [-0.25, -0.2) is 14.8 Å². The Morgan fingerprint density at radius 3 is 2.80 bits per heavy atom. The first-order valence-electron chi connectivity index (χ1n) is 5.92. The number of rotatable bonds is 2. The van der Waals surface area contributed by atoms with E-state index < -0.39 is 11.6 Å². The number of carbonyl (C=O) groups is 2. The molecule has 2 aromatic heterocycles. The fourth-order valence-electron chi connectivity index (χ4n) is 2.03. The molecule has 20 heavy (non-hydrogen) atoms. The first-order chi connectivity index (χ1) is 9.38. The van der Waals surface area contributed by atoms with Gasteiger partial charge in [-0.3, -0.25) is 9.69 Å². The fraction of sp³-hybridized carbons (Fsp3) is 0.333. The molecule has 1 saturated heterocycles. The number of fused-ring (bicyclic) bond motifs is 1. The molecule has 104 valence electrons. The summed E-state index contributed by atoms with van der Waals surface area (Å²) in [6.07, 6.45) is 0.